The first-order valence-corrected chi connectivity index (χ1v) is 6.93. The minimum absolute atomic E-state index is 0.515. The molecule has 0 amide bonds. The number of hydrazine groups is 1. The summed E-state index contributed by atoms with van der Waals surface area (Å²) in [5, 5.41) is 2.25. The van der Waals surface area contributed by atoms with E-state index in [1.54, 1.807) is 0 Å². The summed E-state index contributed by atoms with van der Waals surface area (Å²) in [5.41, 5.74) is 5.29. The van der Waals surface area contributed by atoms with Crippen LogP contribution >= 0.6 is 0 Å². The Bertz CT molecular complexity index is 454. The Kier molecular flexibility index (Phi) is 2.86. The van der Waals surface area contributed by atoms with E-state index in [0.717, 1.165) is 18.3 Å². The number of fused-ring (bicyclic) bond motifs is 1. The van der Waals surface area contributed by atoms with Crippen LogP contribution in [0, 0.1) is 0 Å². The number of benzene rings is 1. The van der Waals surface area contributed by atoms with E-state index in [9.17, 15) is 4.79 Å². The van der Waals surface area contributed by atoms with Crippen molar-refractivity contribution in [2.75, 3.05) is 5.01 Å². The van der Waals surface area contributed by atoms with Crippen LogP contribution < -0.4 is 10.4 Å². The fraction of sp³-hybridized carbons (Fsp3) is 0.533. The molecule has 1 heterocycles. The maximum Gasteiger partial charge on any atom is 0.146 e. The molecule has 1 atom stereocenters. The molecule has 1 aromatic carbocycles. The van der Waals surface area contributed by atoms with E-state index in [1.165, 1.54) is 31.4 Å². The highest BCUT2D eigenvalue weighted by Crippen LogP contribution is 2.41. The lowest BCUT2D eigenvalue weighted by atomic mass is 9.90. The van der Waals surface area contributed by atoms with E-state index >= 15 is 0 Å². The van der Waals surface area contributed by atoms with E-state index in [1.807, 2.05) is 6.07 Å². The second-order valence-corrected chi connectivity index (χ2v) is 5.38. The van der Waals surface area contributed by atoms with E-state index in [4.69, 9.17) is 0 Å². The van der Waals surface area contributed by atoms with Gasteiger partial charge in [0.1, 0.15) is 11.8 Å². The molecule has 1 fully saturated rings. The summed E-state index contributed by atoms with van der Waals surface area (Å²) in [6, 6.07) is 8.82. The monoisotopic (exact) mass is 244 g/mol. The summed E-state index contributed by atoms with van der Waals surface area (Å²) < 4.78 is 0. The Morgan fingerprint density at radius 1 is 1.39 bits per heavy atom. The Morgan fingerprint density at radius 2 is 2.11 bits per heavy atom. The standard InChI is InChI=1S/C15H20N2O/c1-2-15(11-18)13-9-5-6-10-14(13)17(16-15)12-7-3-4-8-12/h5-6,9-12,16H,2-4,7-8H2,1H3. The molecule has 0 aromatic heterocycles. The molecule has 2 aliphatic rings. The first kappa shape index (κ1) is 11.7. The molecule has 0 spiro atoms. The van der Waals surface area contributed by atoms with Gasteiger partial charge in [0.2, 0.25) is 0 Å². The van der Waals surface area contributed by atoms with Crippen molar-refractivity contribution in [3.8, 4) is 0 Å². The SMILES string of the molecule is CCC1(C=O)NN(C2CCCC2)c2ccccc21. The molecule has 1 unspecified atom stereocenters. The first-order valence-electron chi connectivity index (χ1n) is 6.93. The third-order valence-electron chi connectivity index (χ3n) is 4.41. The van der Waals surface area contributed by atoms with Crippen molar-refractivity contribution in [2.24, 2.45) is 0 Å². The lowest BCUT2D eigenvalue weighted by Crippen LogP contribution is -2.50. The number of hydrogen-bond donors (Lipinski definition) is 1. The number of para-hydroxylation sites is 1. The maximum atomic E-state index is 11.6. The highest BCUT2D eigenvalue weighted by Gasteiger charge is 2.43. The van der Waals surface area contributed by atoms with Crippen molar-refractivity contribution in [1.29, 1.82) is 0 Å². The third-order valence-corrected chi connectivity index (χ3v) is 4.41. The molecule has 1 N–H and O–H groups in total. The van der Waals surface area contributed by atoms with Gasteiger partial charge >= 0.3 is 0 Å². The maximum absolute atomic E-state index is 11.6. The van der Waals surface area contributed by atoms with Crippen LogP contribution in [0.1, 0.15) is 44.6 Å². The predicted molar refractivity (Wildman–Crippen MR) is 72.3 cm³/mol. The van der Waals surface area contributed by atoms with Crippen molar-refractivity contribution >= 4 is 12.0 Å². The number of nitrogens with one attached hydrogen (secondary N) is 1. The Hall–Kier alpha value is -1.35. The van der Waals surface area contributed by atoms with Gasteiger partial charge in [-0.25, -0.2) is 5.43 Å². The minimum atomic E-state index is -0.515. The van der Waals surface area contributed by atoms with Crippen LogP contribution in [0.5, 0.6) is 0 Å². The molecule has 1 aromatic rings. The Labute approximate surface area is 108 Å². The Morgan fingerprint density at radius 3 is 2.78 bits per heavy atom. The lowest BCUT2D eigenvalue weighted by Gasteiger charge is -2.30. The van der Waals surface area contributed by atoms with Gasteiger partial charge < -0.3 is 9.80 Å². The van der Waals surface area contributed by atoms with Crippen molar-refractivity contribution in [3.05, 3.63) is 29.8 Å². The summed E-state index contributed by atoms with van der Waals surface area (Å²) in [6.45, 7) is 2.07. The fourth-order valence-electron chi connectivity index (χ4n) is 3.29. The number of aldehydes is 1. The topological polar surface area (TPSA) is 32.3 Å². The normalized spacial score (nSPS) is 27.5. The van der Waals surface area contributed by atoms with Gasteiger partial charge in [-0.1, -0.05) is 38.0 Å². The number of nitrogens with zero attached hydrogens (tertiary/aromatic N) is 1. The molecule has 96 valence electrons. The average molecular weight is 244 g/mol. The number of hydrogen-bond acceptors (Lipinski definition) is 3. The van der Waals surface area contributed by atoms with Crippen molar-refractivity contribution in [2.45, 2.75) is 50.6 Å². The molecular weight excluding hydrogens is 224 g/mol. The molecule has 3 heteroatoms. The Balaban J connectivity index is 2.03. The highest BCUT2D eigenvalue weighted by atomic mass is 16.1. The van der Waals surface area contributed by atoms with Gasteiger partial charge in [-0.2, -0.15) is 0 Å². The zero-order valence-electron chi connectivity index (χ0n) is 10.9. The van der Waals surface area contributed by atoms with E-state index in [0.29, 0.717) is 6.04 Å². The number of carbonyl (C=O) groups excluding carboxylic acids is 1. The van der Waals surface area contributed by atoms with E-state index < -0.39 is 5.54 Å². The second kappa shape index (κ2) is 4.39. The van der Waals surface area contributed by atoms with Crippen LogP contribution in [0.4, 0.5) is 5.69 Å². The van der Waals surface area contributed by atoms with Crippen LogP contribution in [0.25, 0.3) is 0 Å². The zero-order valence-corrected chi connectivity index (χ0v) is 10.9. The summed E-state index contributed by atoms with van der Waals surface area (Å²) in [7, 11) is 0. The number of anilines is 1. The molecule has 3 nitrogen and oxygen atoms in total. The van der Waals surface area contributed by atoms with Gasteiger partial charge in [0.05, 0.1) is 5.69 Å². The predicted octanol–water partition coefficient (Wildman–Crippen LogP) is 2.76. The average Bonchev–Trinajstić information content (AvgIpc) is 3.05. The molecule has 3 rings (SSSR count). The van der Waals surface area contributed by atoms with Crippen LogP contribution in [0.2, 0.25) is 0 Å². The lowest BCUT2D eigenvalue weighted by molar-refractivity contribution is -0.113. The number of rotatable bonds is 3. The van der Waals surface area contributed by atoms with E-state index in [-0.39, 0.29) is 0 Å². The van der Waals surface area contributed by atoms with Gasteiger partial charge in [-0.05, 0) is 25.3 Å². The van der Waals surface area contributed by atoms with Gasteiger partial charge in [-0.3, -0.25) is 0 Å². The molecule has 1 saturated carbocycles. The highest BCUT2D eigenvalue weighted by molar-refractivity contribution is 5.77. The largest absolute Gasteiger partial charge is 0.304 e. The molecule has 1 aliphatic carbocycles. The molecule has 1 aliphatic heterocycles. The minimum Gasteiger partial charge on any atom is -0.304 e. The molecule has 0 bridgehead atoms. The second-order valence-electron chi connectivity index (χ2n) is 5.38. The van der Waals surface area contributed by atoms with Crippen LogP contribution in [0.3, 0.4) is 0 Å². The van der Waals surface area contributed by atoms with Crippen molar-refractivity contribution in [3.63, 3.8) is 0 Å². The first-order chi connectivity index (χ1) is 8.80. The van der Waals surface area contributed by atoms with Gasteiger partial charge in [0, 0.05) is 11.6 Å². The molecule has 0 saturated heterocycles. The fourth-order valence-corrected chi connectivity index (χ4v) is 3.29. The van der Waals surface area contributed by atoms with Gasteiger partial charge in [0.15, 0.2) is 0 Å². The van der Waals surface area contributed by atoms with Gasteiger partial charge in [0.25, 0.3) is 0 Å². The van der Waals surface area contributed by atoms with Crippen molar-refractivity contribution < 1.29 is 4.79 Å². The molecule has 0 radical (unpaired) electrons. The summed E-state index contributed by atoms with van der Waals surface area (Å²) in [4.78, 5) is 11.6. The number of carbonyl (C=O) groups is 1. The summed E-state index contributed by atoms with van der Waals surface area (Å²) in [6.07, 6.45) is 6.90. The van der Waals surface area contributed by atoms with Crippen LogP contribution in [-0.2, 0) is 10.3 Å². The smallest absolute Gasteiger partial charge is 0.146 e. The van der Waals surface area contributed by atoms with Crippen molar-refractivity contribution in [1.82, 2.24) is 5.43 Å². The quantitative estimate of drug-likeness (QED) is 0.830. The summed E-state index contributed by atoms with van der Waals surface area (Å²) in [5.74, 6) is 0. The van der Waals surface area contributed by atoms with E-state index in [2.05, 4.69) is 35.6 Å². The summed E-state index contributed by atoms with van der Waals surface area (Å²) >= 11 is 0. The zero-order chi connectivity index (χ0) is 12.6. The van der Waals surface area contributed by atoms with Crippen LogP contribution in [0.15, 0.2) is 24.3 Å². The molecule has 18 heavy (non-hydrogen) atoms. The third kappa shape index (κ3) is 1.57. The molecular formula is C15H20N2O. The van der Waals surface area contributed by atoms with Gasteiger partial charge in [-0.15, -0.1) is 0 Å². The van der Waals surface area contributed by atoms with Crippen LogP contribution in [-0.4, -0.2) is 12.3 Å².